The number of anilines is 1. The van der Waals surface area contributed by atoms with Gasteiger partial charge < -0.3 is 9.47 Å². The molecule has 7 nitrogen and oxygen atoms in total. The predicted octanol–water partition coefficient (Wildman–Crippen LogP) is 4.94. The van der Waals surface area contributed by atoms with Crippen LogP contribution in [0.25, 0.3) is 0 Å². The number of nitriles is 1. The van der Waals surface area contributed by atoms with Crippen LogP contribution in [-0.4, -0.2) is 20.0 Å². The average Bonchev–Trinajstić information content (AvgIpc) is 2.71. The van der Waals surface area contributed by atoms with Gasteiger partial charge in [0.15, 0.2) is 11.5 Å². The molecule has 0 bridgehead atoms. The van der Waals surface area contributed by atoms with Crippen LogP contribution in [0.3, 0.4) is 0 Å². The lowest BCUT2D eigenvalue weighted by atomic mass is 10.2. The van der Waals surface area contributed by atoms with Crippen molar-refractivity contribution < 1.29 is 31.1 Å². The van der Waals surface area contributed by atoms with Crippen LogP contribution in [0.4, 0.5) is 19.0 Å². The zero-order valence-electron chi connectivity index (χ0n) is 15.2. The Hall–Kier alpha value is -3.49. The lowest BCUT2D eigenvalue weighted by Gasteiger charge is -2.14. The minimum Gasteiger partial charge on any atom is -0.452 e. The van der Waals surface area contributed by atoms with Crippen LogP contribution in [0.1, 0.15) is 5.56 Å². The molecule has 1 heterocycles. The van der Waals surface area contributed by atoms with Crippen molar-refractivity contribution in [1.29, 1.82) is 5.26 Å². The molecular weight excluding hydrogens is 459 g/mol. The van der Waals surface area contributed by atoms with Gasteiger partial charge in [-0.2, -0.15) is 14.0 Å². The number of nitrogens with zero attached hydrogens (tertiary/aromatic N) is 2. The SMILES string of the molecule is N#Cc1cc(S(=O)(=O)Nc2ccc(F)cn2)ccc1Oc1ccc(Cl)cc1OC(F)F. The Labute approximate surface area is 179 Å². The van der Waals surface area contributed by atoms with Gasteiger partial charge in [-0.1, -0.05) is 11.6 Å². The Balaban J connectivity index is 1.90. The van der Waals surface area contributed by atoms with Crippen molar-refractivity contribution in [3.8, 4) is 23.3 Å². The molecule has 0 saturated heterocycles. The molecule has 0 unspecified atom stereocenters. The van der Waals surface area contributed by atoms with Crippen LogP contribution in [0.15, 0.2) is 59.6 Å². The number of nitrogens with one attached hydrogen (secondary N) is 1. The summed E-state index contributed by atoms with van der Waals surface area (Å²) in [6.07, 6.45) is 0.834. The van der Waals surface area contributed by atoms with Gasteiger partial charge in [0.25, 0.3) is 10.0 Å². The van der Waals surface area contributed by atoms with Gasteiger partial charge >= 0.3 is 6.61 Å². The van der Waals surface area contributed by atoms with E-state index < -0.39 is 22.5 Å². The first-order valence-electron chi connectivity index (χ1n) is 8.28. The highest BCUT2D eigenvalue weighted by Crippen LogP contribution is 2.36. The summed E-state index contributed by atoms with van der Waals surface area (Å²) in [4.78, 5) is 3.30. The van der Waals surface area contributed by atoms with Gasteiger partial charge in [-0.15, -0.1) is 0 Å². The van der Waals surface area contributed by atoms with E-state index in [9.17, 15) is 26.9 Å². The predicted molar refractivity (Wildman–Crippen MR) is 104 cm³/mol. The van der Waals surface area contributed by atoms with Crippen molar-refractivity contribution in [1.82, 2.24) is 4.98 Å². The number of pyridine rings is 1. The monoisotopic (exact) mass is 469 g/mol. The van der Waals surface area contributed by atoms with Crippen molar-refractivity contribution in [3.05, 3.63) is 71.1 Å². The maximum Gasteiger partial charge on any atom is 0.387 e. The van der Waals surface area contributed by atoms with E-state index in [1.54, 1.807) is 6.07 Å². The molecule has 0 fully saturated rings. The van der Waals surface area contributed by atoms with Gasteiger partial charge in [0.2, 0.25) is 0 Å². The zero-order chi connectivity index (χ0) is 22.6. The third-order valence-electron chi connectivity index (χ3n) is 3.69. The molecule has 12 heteroatoms. The maximum atomic E-state index is 12.9. The molecule has 1 aromatic heterocycles. The van der Waals surface area contributed by atoms with Crippen molar-refractivity contribution in [2.24, 2.45) is 0 Å². The highest BCUT2D eigenvalue weighted by molar-refractivity contribution is 7.92. The third-order valence-corrected chi connectivity index (χ3v) is 5.28. The van der Waals surface area contributed by atoms with E-state index in [-0.39, 0.29) is 38.5 Å². The molecule has 0 radical (unpaired) electrons. The molecule has 0 saturated carbocycles. The number of halogens is 4. The Morgan fingerprint density at radius 2 is 1.81 bits per heavy atom. The lowest BCUT2D eigenvalue weighted by Crippen LogP contribution is -2.14. The smallest absolute Gasteiger partial charge is 0.387 e. The van der Waals surface area contributed by atoms with E-state index >= 15 is 0 Å². The van der Waals surface area contributed by atoms with Crippen molar-refractivity contribution in [3.63, 3.8) is 0 Å². The minimum absolute atomic E-state index is 0.109. The fraction of sp³-hybridized carbons (Fsp3) is 0.0526. The maximum absolute atomic E-state index is 12.9. The Morgan fingerprint density at radius 1 is 1.06 bits per heavy atom. The summed E-state index contributed by atoms with van der Waals surface area (Å²) in [5.74, 6) is -1.41. The third kappa shape index (κ3) is 5.56. The summed E-state index contributed by atoms with van der Waals surface area (Å²) >= 11 is 5.78. The number of benzene rings is 2. The summed E-state index contributed by atoms with van der Waals surface area (Å²) in [6.45, 7) is -3.14. The van der Waals surface area contributed by atoms with E-state index in [1.165, 1.54) is 18.2 Å². The highest BCUT2D eigenvalue weighted by Gasteiger charge is 2.19. The van der Waals surface area contributed by atoms with Crippen molar-refractivity contribution >= 4 is 27.4 Å². The number of aromatic nitrogens is 1. The van der Waals surface area contributed by atoms with Crippen LogP contribution in [0, 0.1) is 17.1 Å². The molecule has 2 aromatic carbocycles. The molecule has 0 aliphatic rings. The normalized spacial score (nSPS) is 11.1. The number of sulfonamides is 1. The van der Waals surface area contributed by atoms with E-state index in [1.807, 2.05) is 0 Å². The summed E-state index contributed by atoms with van der Waals surface area (Å²) in [6, 6.07) is 11.0. The second-order valence-corrected chi connectivity index (χ2v) is 7.93. The molecule has 3 rings (SSSR count). The highest BCUT2D eigenvalue weighted by atomic mass is 35.5. The molecule has 0 amide bonds. The lowest BCUT2D eigenvalue weighted by molar-refractivity contribution is -0.0510. The summed E-state index contributed by atoms with van der Waals surface area (Å²) < 4.78 is 75.2. The first kappa shape index (κ1) is 22.2. The van der Waals surface area contributed by atoms with Gasteiger partial charge in [0.1, 0.15) is 23.5 Å². The summed E-state index contributed by atoms with van der Waals surface area (Å²) in [7, 11) is -4.16. The molecule has 0 atom stereocenters. The van der Waals surface area contributed by atoms with E-state index in [0.29, 0.717) is 0 Å². The zero-order valence-corrected chi connectivity index (χ0v) is 16.8. The Morgan fingerprint density at radius 3 is 2.45 bits per heavy atom. The Kier molecular flexibility index (Phi) is 6.53. The Bertz CT molecular complexity index is 1250. The van der Waals surface area contributed by atoms with Crippen LogP contribution in [0.2, 0.25) is 5.02 Å². The van der Waals surface area contributed by atoms with Crippen LogP contribution in [-0.2, 0) is 10.0 Å². The standard InChI is InChI=1S/C19H11ClF3N3O4S/c20-12-1-4-16(17(8-12)30-19(22)23)29-15-5-3-14(7-11(15)9-24)31(27,28)26-18-6-2-13(21)10-25-18/h1-8,10,19H,(H,25,26). The van der Waals surface area contributed by atoms with Crippen LogP contribution in [0.5, 0.6) is 17.2 Å². The van der Waals surface area contributed by atoms with E-state index in [4.69, 9.17) is 16.3 Å². The number of alkyl halides is 2. The molecule has 0 aliphatic carbocycles. The largest absolute Gasteiger partial charge is 0.452 e. The van der Waals surface area contributed by atoms with Gasteiger partial charge in [-0.25, -0.2) is 17.8 Å². The number of hydrogen-bond donors (Lipinski definition) is 1. The topological polar surface area (TPSA) is 101 Å². The molecule has 160 valence electrons. The van der Waals surface area contributed by atoms with E-state index in [0.717, 1.165) is 36.5 Å². The van der Waals surface area contributed by atoms with Gasteiger partial charge in [-0.05, 0) is 42.5 Å². The molecule has 3 aromatic rings. The average molecular weight is 470 g/mol. The van der Waals surface area contributed by atoms with Crippen LogP contribution < -0.4 is 14.2 Å². The van der Waals surface area contributed by atoms with Crippen molar-refractivity contribution in [2.75, 3.05) is 4.72 Å². The fourth-order valence-electron chi connectivity index (χ4n) is 2.36. The minimum atomic E-state index is -4.16. The fourth-order valence-corrected chi connectivity index (χ4v) is 3.55. The summed E-state index contributed by atoms with van der Waals surface area (Å²) in [5, 5.41) is 9.51. The van der Waals surface area contributed by atoms with Gasteiger partial charge in [-0.3, -0.25) is 4.72 Å². The molecule has 0 spiro atoms. The number of ether oxygens (including phenoxy) is 2. The summed E-state index contributed by atoms with van der Waals surface area (Å²) in [5.41, 5.74) is -0.201. The van der Waals surface area contributed by atoms with Gasteiger partial charge in [0.05, 0.1) is 16.7 Å². The molecular formula is C19H11ClF3N3O4S. The number of rotatable bonds is 7. The molecule has 31 heavy (non-hydrogen) atoms. The second kappa shape index (κ2) is 9.11. The first-order valence-corrected chi connectivity index (χ1v) is 10.1. The second-order valence-electron chi connectivity index (χ2n) is 5.81. The first-order chi connectivity index (χ1) is 14.7. The number of hydrogen-bond acceptors (Lipinski definition) is 6. The van der Waals surface area contributed by atoms with Gasteiger partial charge in [0, 0.05) is 11.1 Å². The quantitative estimate of drug-likeness (QED) is 0.526. The van der Waals surface area contributed by atoms with E-state index in [2.05, 4.69) is 14.4 Å². The molecule has 1 N–H and O–H groups in total. The van der Waals surface area contributed by atoms with Crippen molar-refractivity contribution in [2.45, 2.75) is 11.5 Å². The molecule has 0 aliphatic heterocycles. The van der Waals surface area contributed by atoms with Crippen LogP contribution >= 0.6 is 11.6 Å².